The molecule has 0 amide bonds. The van der Waals surface area contributed by atoms with Gasteiger partial charge in [-0.15, -0.1) is 0 Å². The summed E-state index contributed by atoms with van der Waals surface area (Å²) in [5.41, 5.74) is 0.509. The van der Waals surface area contributed by atoms with Crippen molar-refractivity contribution >= 4 is 0 Å². The molecule has 22 heavy (non-hydrogen) atoms. The molecule has 6 heteroatoms. The van der Waals surface area contributed by atoms with E-state index < -0.39 is 6.10 Å². The molecule has 0 radical (unpaired) electrons. The monoisotopic (exact) mass is 305 g/mol. The van der Waals surface area contributed by atoms with Crippen molar-refractivity contribution in [2.45, 2.75) is 25.8 Å². The Morgan fingerprint density at radius 2 is 2.18 bits per heavy atom. The van der Waals surface area contributed by atoms with E-state index in [0.29, 0.717) is 12.1 Å². The Morgan fingerprint density at radius 3 is 3.05 bits per heavy atom. The number of imidazole rings is 1. The number of rotatable bonds is 6. The number of aliphatic hydroxyl groups is 1. The zero-order valence-electron chi connectivity index (χ0n) is 12.4. The average Bonchev–Trinajstić information content (AvgIpc) is 2.97. The summed E-state index contributed by atoms with van der Waals surface area (Å²) < 4.78 is 21.0. The van der Waals surface area contributed by atoms with Crippen molar-refractivity contribution in [2.75, 3.05) is 19.7 Å². The van der Waals surface area contributed by atoms with Crippen LogP contribution in [-0.2, 0) is 24.4 Å². The van der Waals surface area contributed by atoms with Crippen LogP contribution < -0.4 is 0 Å². The van der Waals surface area contributed by atoms with Gasteiger partial charge in [0.2, 0.25) is 0 Å². The Kier molecular flexibility index (Phi) is 4.82. The third-order valence-electron chi connectivity index (χ3n) is 3.82. The minimum absolute atomic E-state index is 0.175. The van der Waals surface area contributed by atoms with Crippen LogP contribution >= 0.6 is 0 Å². The highest BCUT2D eigenvalue weighted by Crippen LogP contribution is 2.11. The van der Waals surface area contributed by atoms with E-state index >= 15 is 0 Å². The first-order chi connectivity index (χ1) is 10.7. The van der Waals surface area contributed by atoms with Gasteiger partial charge in [0.05, 0.1) is 25.9 Å². The summed E-state index contributed by atoms with van der Waals surface area (Å²) in [6.07, 6.45) is 3.18. The SMILES string of the molecule is O[C@@H](COCc1ccccc1F)CN1CCn2ccnc2C1. The maximum absolute atomic E-state index is 13.4. The van der Waals surface area contributed by atoms with E-state index in [1.807, 2.05) is 6.20 Å². The topological polar surface area (TPSA) is 50.5 Å². The van der Waals surface area contributed by atoms with E-state index in [2.05, 4.69) is 14.5 Å². The first kappa shape index (κ1) is 15.1. The van der Waals surface area contributed by atoms with Crippen LogP contribution in [0.1, 0.15) is 11.4 Å². The smallest absolute Gasteiger partial charge is 0.128 e. The van der Waals surface area contributed by atoms with Gasteiger partial charge < -0.3 is 14.4 Å². The first-order valence-corrected chi connectivity index (χ1v) is 7.44. The zero-order valence-corrected chi connectivity index (χ0v) is 12.4. The van der Waals surface area contributed by atoms with Crippen LogP contribution in [0.5, 0.6) is 0 Å². The lowest BCUT2D eigenvalue weighted by Crippen LogP contribution is -2.40. The van der Waals surface area contributed by atoms with Gasteiger partial charge in [0.25, 0.3) is 0 Å². The third kappa shape index (κ3) is 3.71. The number of hydrogen-bond acceptors (Lipinski definition) is 4. The minimum Gasteiger partial charge on any atom is -0.389 e. The molecule has 1 aliphatic rings. The van der Waals surface area contributed by atoms with Crippen LogP contribution in [0.15, 0.2) is 36.7 Å². The molecule has 0 fully saturated rings. The predicted molar refractivity (Wildman–Crippen MR) is 79.6 cm³/mol. The minimum atomic E-state index is -0.590. The maximum Gasteiger partial charge on any atom is 0.128 e. The van der Waals surface area contributed by atoms with Crippen LogP contribution in [0.4, 0.5) is 4.39 Å². The molecule has 0 spiro atoms. The van der Waals surface area contributed by atoms with E-state index in [4.69, 9.17) is 4.74 Å². The fourth-order valence-electron chi connectivity index (χ4n) is 2.65. The Labute approximate surface area is 129 Å². The van der Waals surface area contributed by atoms with Crippen molar-refractivity contribution in [3.05, 3.63) is 53.9 Å². The second-order valence-corrected chi connectivity index (χ2v) is 5.53. The summed E-state index contributed by atoms with van der Waals surface area (Å²) in [5, 5.41) is 10.1. The van der Waals surface area contributed by atoms with Crippen molar-refractivity contribution in [2.24, 2.45) is 0 Å². The molecule has 118 valence electrons. The fourth-order valence-corrected chi connectivity index (χ4v) is 2.65. The van der Waals surface area contributed by atoms with E-state index in [-0.39, 0.29) is 19.0 Å². The Bertz CT molecular complexity index is 617. The van der Waals surface area contributed by atoms with E-state index in [0.717, 1.165) is 25.5 Å². The third-order valence-corrected chi connectivity index (χ3v) is 3.82. The molecule has 2 aromatic rings. The molecule has 3 rings (SSSR count). The normalized spacial score (nSPS) is 16.5. The summed E-state index contributed by atoms with van der Waals surface area (Å²) in [6, 6.07) is 6.51. The van der Waals surface area contributed by atoms with Gasteiger partial charge in [0, 0.05) is 37.6 Å². The summed E-state index contributed by atoms with van der Waals surface area (Å²) in [4.78, 5) is 6.44. The molecule has 2 heterocycles. The van der Waals surface area contributed by atoms with E-state index in [9.17, 15) is 9.50 Å². The van der Waals surface area contributed by atoms with Gasteiger partial charge in [-0.05, 0) is 6.07 Å². The van der Waals surface area contributed by atoms with Gasteiger partial charge in [0.1, 0.15) is 11.6 Å². The lowest BCUT2D eigenvalue weighted by molar-refractivity contribution is 0.00471. The van der Waals surface area contributed by atoms with Gasteiger partial charge in [-0.25, -0.2) is 9.37 Å². The number of halogens is 1. The van der Waals surface area contributed by atoms with Crippen LogP contribution in [0.25, 0.3) is 0 Å². The summed E-state index contributed by atoms with van der Waals surface area (Å²) >= 11 is 0. The maximum atomic E-state index is 13.4. The molecular formula is C16H20FN3O2. The number of aliphatic hydroxyl groups excluding tert-OH is 1. The number of hydrogen-bond donors (Lipinski definition) is 1. The summed E-state index contributed by atoms with van der Waals surface area (Å²) in [5.74, 6) is 0.741. The van der Waals surface area contributed by atoms with Crippen LogP contribution in [0, 0.1) is 5.82 Å². The quantitative estimate of drug-likeness (QED) is 0.877. The molecule has 0 bridgehead atoms. The van der Waals surface area contributed by atoms with Crippen molar-refractivity contribution in [3.8, 4) is 0 Å². The molecule has 0 saturated heterocycles. The van der Waals surface area contributed by atoms with Gasteiger partial charge in [-0.3, -0.25) is 4.90 Å². The second-order valence-electron chi connectivity index (χ2n) is 5.53. The van der Waals surface area contributed by atoms with Gasteiger partial charge >= 0.3 is 0 Å². The van der Waals surface area contributed by atoms with Gasteiger partial charge in [0.15, 0.2) is 0 Å². The predicted octanol–water partition coefficient (Wildman–Crippen LogP) is 1.42. The zero-order chi connectivity index (χ0) is 15.4. The highest BCUT2D eigenvalue weighted by molar-refractivity contribution is 5.16. The molecule has 1 aromatic carbocycles. The molecule has 1 atom stereocenters. The van der Waals surface area contributed by atoms with Crippen molar-refractivity contribution in [1.82, 2.24) is 14.5 Å². The molecule has 0 aliphatic carbocycles. The lowest BCUT2D eigenvalue weighted by Gasteiger charge is -2.29. The lowest BCUT2D eigenvalue weighted by atomic mass is 10.2. The van der Waals surface area contributed by atoms with Crippen molar-refractivity contribution < 1.29 is 14.2 Å². The number of fused-ring (bicyclic) bond motifs is 1. The fraction of sp³-hybridized carbons (Fsp3) is 0.438. The molecule has 0 saturated carbocycles. The Balaban J connectivity index is 1.42. The van der Waals surface area contributed by atoms with Crippen molar-refractivity contribution in [1.29, 1.82) is 0 Å². The van der Waals surface area contributed by atoms with Crippen LogP contribution in [0.2, 0.25) is 0 Å². The first-order valence-electron chi connectivity index (χ1n) is 7.44. The number of β-amino-alcohol motifs (C(OH)–C–C–N with tert-alkyl or cyclic N) is 1. The molecule has 5 nitrogen and oxygen atoms in total. The Morgan fingerprint density at radius 1 is 1.32 bits per heavy atom. The van der Waals surface area contributed by atoms with Crippen molar-refractivity contribution in [3.63, 3.8) is 0 Å². The highest BCUT2D eigenvalue weighted by Gasteiger charge is 2.19. The number of benzene rings is 1. The number of nitrogens with zero attached hydrogens (tertiary/aromatic N) is 3. The molecule has 1 N–H and O–H groups in total. The van der Waals surface area contributed by atoms with E-state index in [1.54, 1.807) is 24.4 Å². The summed E-state index contributed by atoms with van der Waals surface area (Å²) in [7, 11) is 0. The average molecular weight is 305 g/mol. The molecule has 1 aromatic heterocycles. The van der Waals surface area contributed by atoms with Crippen LogP contribution in [-0.4, -0.2) is 45.4 Å². The second kappa shape index (κ2) is 7.00. The molecular weight excluding hydrogens is 285 g/mol. The molecule has 1 aliphatic heterocycles. The number of aromatic nitrogens is 2. The van der Waals surface area contributed by atoms with E-state index in [1.165, 1.54) is 6.07 Å². The molecule has 0 unspecified atom stereocenters. The van der Waals surface area contributed by atoms with Crippen LogP contribution in [0.3, 0.4) is 0 Å². The largest absolute Gasteiger partial charge is 0.389 e. The number of ether oxygens (including phenoxy) is 1. The standard InChI is InChI=1S/C16H20FN3O2/c17-15-4-2-1-3-13(15)11-22-12-14(21)9-19-7-8-20-6-5-18-16(20)10-19/h1-6,14,21H,7-12H2/t14-/m1/s1. The van der Waals surface area contributed by atoms with Gasteiger partial charge in [-0.2, -0.15) is 0 Å². The van der Waals surface area contributed by atoms with Gasteiger partial charge in [-0.1, -0.05) is 18.2 Å². The Hall–Kier alpha value is -1.76. The highest BCUT2D eigenvalue weighted by atomic mass is 19.1. The summed E-state index contributed by atoms with van der Waals surface area (Å²) in [6.45, 7) is 3.40.